The summed E-state index contributed by atoms with van der Waals surface area (Å²) in [4.78, 5) is 15.9. The van der Waals surface area contributed by atoms with Gasteiger partial charge < -0.3 is 19.7 Å². The molecule has 4 rings (SSSR count). The Bertz CT molecular complexity index is 1110. The average Bonchev–Trinajstić information content (AvgIpc) is 3.38. The second-order valence-corrected chi connectivity index (χ2v) is 9.17. The van der Waals surface area contributed by atoms with Gasteiger partial charge in [0.2, 0.25) is 5.82 Å². The first-order valence-electron chi connectivity index (χ1n) is 10.6. The fourth-order valence-electron chi connectivity index (χ4n) is 3.95. The maximum atomic E-state index is 11.4. The van der Waals surface area contributed by atoms with Crippen molar-refractivity contribution >= 4 is 23.3 Å². The topological polar surface area (TPSA) is 97.5 Å². The summed E-state index contributed by atoms with van der Waals surface area (Å²) in [6, 6.07) is 13.2. The van der Waals surface area contributed by atoms with E-state index in [-0.39, 0.29) is 12.1 Å². The smallest absolute Gasteiger partial charge is 0.309 e. The van der Waals surface area contributed by atoms with E-state index in [4.69, 9.17) is 20.9 Å². The number of aromatic nitrogens is 2. The van der Waals surface area contributed by atoms with Gasteiger partial charge in [0.05, 0.1) is 16.5 Å². The number of carboxylic acid groups (broad SMARTS) is 1. The van der Waals surface area contributed by atoms with E-state index in [0.717, 1.165) is 23.2 Å². The van der Waals surface area contributed by atoms with Crippen molar-refractivity contribution in [3.8, 4) is 28.6 Å². The minimum Gasteiger partial charge on any atom is -0.489 e. The van der Waals surface area contributed by atoms with Crippen molar-refractivity contribution in [1.82, 2.24) is 10.1 Å². The van der Waals surface area contributed by atoms with Crippen LogP contribution in [0.15, 0.2) is 47.0 Å². The molecule has 0 amide bonds. The van der Waals surface area contributed by atoms with Crippen LogP contribution in [0.5, 0.6) is 5.75 Å². The molecule has 0 bridgehead atoms. The molecular formula is C24H26ClN3O4. The second kappa shape index (κ2) is 8.82. The van der Waals surface area contributed by atoms with Gasteiger partial charge in [0.1, 0.15) is 5.75 Å². The van der Waals surface area contributed by atoms with Crippen LogP contribution in [0.25, 0.3) is 22.8 Å². The first-order valence-corrected chi connectivity index (χ1v) is 11.0. The molecule has 3 aromatic rings. The van der Waals surface area contributed by atoms with Crippen molar-refractivity contribution in [1.29, 1.82) is 0 Å². The third-order valence-electron chi connectivity index (χ3n) is 5.74. The number of rotatable bonds is 7. The fourth-order valence-corrected chi connectivity index (χ4v) is 4.18. The van der Waals surface area contributed by atoms with Crippen LogP contribution >= 0.6 is 11.6 Å². The molecule has 8 heteroatoms. The van der Waals surface area contributed by atoms with E-state index in [2.05, 4.69) is 15.5 Å². The lowest BCUT2D eigenvalue weighted by Gasteiger charge is -2.19. The molecule has 1 fully saturated rings. The van der Waals surface area contributed by atoms with E-state index in [1.54, 1.807) is 12.1 Å². The fraction of sp³-hybridized carbons (Fsp3) is 0.375. The van der Waals surface area contributed by atoms with Crippen LogP contribution in [0.3, 0.4) is 0 Å². The minimum atomic E-state index is -0.729. The highest BCUT2D eigenvalue weighted by molar-refractivity contribution is 6.32. The molecule has 1 aliphatic rings. The lowest BCUT2D eigenvalue weighted by Crippen LogP contribution is -2.26. The average molecular weight is 456 g/mol. The number of aliphatic carboxylic acids is 1. The third kappa shape index (κ3) is 4.72. The summed E-state index contributed by atoms with van der Waals surface area (Å²) in [5.74, 6) is 0.736. The predicted octanol–water partition coefficient (Wildman–Crippen LogP) is 5.90. The van der Waals surface area contributed by atoms with Gasteiger partial charge in [-0.1, -0.05) is 16.8 Å². The van der Waals surface area contributed by atoms with E-state index < -0.39 is 11.4 Å². The Morgan fingerprint density at radius 1 is 1.25 bits per heavy atom. The molecule has 7 nitrogen and oxygen atoms in total. The van der Waals surface area contributed by atoms with Crippen molar-refractivity contribution in [3.63, 3.8) is 0 Å². The number of anilines is 1. The molecule has 1 saturated carbocycles. The molecule has 1 aromatic heterocycles. The highest BCUT2D eigenvalue weighted by atomic mass is 35.5. The number of halogens is 1. The van der Waals surface area contributed by atoms with Crippen molar-refractivity contribution in [2.45, 2.75) is 52.2 Å². The molecule has 1 heterocycles. The molecule has 0 unspecified atom stereocenters. The molecule has 0 spiro atoms. The van der Waals surface area contributed by atoms with Gasteiger partial charge >= 0.3 is 5.97 Å². The zero-order valence-corrected chi connectivity index (χ0v) is 19.0. The Morgan fingerprint density at radius 2 is 1.97 bits per heavy atom. The summed E-state index contributed by atoms with van der Waals surface area (Å²) in [7, 11) is 0. The molecule has 0 radical (unpaired) electrons. The zero-order valence-electron chi connectivity index (χ0n) is 18.3. The molecule has 168 valence electrons. The number of hydrogen-bond acceptors (Lipinski definition) is 6. The van der Waals surface area contributed by atoms with E-state index in [9.17, 15) is 9.90 Å². The quantitative estimate of drug-likeness (QED) is 0.457. The summed E-state index contributed by atoms with van der Waals surface area (Å²) >= 11 is 6.32. The number of carbonyl (C=O) groups is 1. The van der Waals surface area contributed by atoms with E-state index in [0.29, 0.717) is 35.3 Å². The number of benzene rings is 2. The molecule has 32 heavy (non-hydrogen) atoms. The maximum absolute atomic E-state index is 11.4. The van der Waals surface area contributed by atoms with Crippen LogP contribution in [0.4, 0.5) is 5.69 Å². The first-order chi connectivity index (χ1) is 15.2. The summed E-state index contributed by atoms with van der Waals surface area (Å²) in [5, 5.41) is 17.4. The summed E-state index contributed by atoms with van der Waals surface area (Å²) < 4.78 is 11.1. The molecule has 2 aromatic carbocycles. The van der Waals surface area contributed by atoms with Gasteiger partial charge in [0, 0.05) is 22.9 Å². The number of hydrogen-bond donors (Lipinski definition) is 2. The summed E-state index contributed by atoms with van der Waals surface area (Å²) in [6.07, 6.45) is 2.15. The van der Waals surface area contributed by atoms with Crippen molar-refractivity contribution in [3.05, 3.63) is 47.5 Å². The summed E-state index contributed by atoms with van der Waals surface area (Å²) in [6.45, 7) is 5.69. The Kier molecular flexibility index (Phi) is 6.11. The first kappa shape index (κ1) is 22.1. The van der Waals surface area contributed by atoms with Gasteiger partial charge in [-0.2, -0.15) is 4.98 Å². The standard InChI is InChI=1S/C24H26ClN3O4/c1-14(2)31-20-9-6-16(12-19(20)25)21-27-22(32-28-21)15-4-7-17(8-5-15)26-18-10-11-24(3,13-18)23(29)30/h4-9,12,14,18,26H,10-11,13H2,1-3H3,(H,29,30)/t18-,24-/m0/s1. The van der Waals surface area contributed by atoms with Crippen LogP contribution in [0.1, 0.15) is 40.0 Å². The molecular weight excluding hydrogens is 430 g/mol. The SMILES string of the molecule is CC(C)Oc1ccc(-c2noc(-c3ccc(N[C@H]4CC[C@](C)(C(=O)O)C4)cc3)n2)cc1Cl. The Morgan fingerprint density at radius 3 is 2.59 bits per heavy atom. The van der Waals surface area contributed by atoms with E-state index in [1.165, 1.54) is 0 Å². The lowest BCUT2D eigenvalue weighted by atomic mass is 9.89. The van der Waals surface area contributed by atoms with Crippen LogP contribution in [0, 0.1) is 5.41 Å². The Hall–Kier alpha value is -3.06. The summed E-state index contributed by atoms with van der Waals surface area (Å²) in [5.41, 5.74) is 1.81. The molecule has 2 atom stereocenters. The highest BCUT2D eigenvalue weighted by Gasteiger charge is 2.41. The lowest BCUT2D eigenvalue weighted by molar-refractivity contribution is -0.147. The van der Waals surface area contributed by atoms with Gasteiger partial charge in [-0.15, -0.1) is 0 Å². The largest absolute Gasteiger partial charge is 0.489 e. The van der Waals surface area contributed by atoms with Gasteiger partial charge in [-0.05, 0) is 82.5 Å². The van der Waals surface area contributed by atoms with Crippen molar-refractivity contribution < 1.29 is 19.2 Å². The maximum Gasteiger partial charge on any atom is 0.309 e. The van der Waals surface area contributed by atoms with Gasteiger partial charge in [0.25, 0.3) is 5.89 Å². The molecule has 2 N–H and O–H groups in total. The van der Waals surface area contributed by atoms with Crippen molar-refractivity contribution in [2.75, 3.05) is 5.32 Å². The minimum absolute atomic E-state index is 0.0305. The monoisotopic (exact) mass is 455 g/mol. The van der Waals surface area contributed by atoms with Gasteiger partial charge in [-0.25, -0.2) is 0 Å². The Labute approximate surface area is 191 Å². The zero-order chi connectivity index (χ0) is 22.9. The highest BCUT2D eigenvalue weighted by Crippen LogP contribution is 2.39. The molecule has 1 aliphatic carbocycles. The number of ether oxygens (including phenoxy) is 1. The van der Waals surface area contributed by atoms with E-state index >= 15 is 0 Å². The third-order valence-corrected chi connectivity index (χ3v) is 6.03. The predicted molar refractivity (Wildman–Crippen MR) is 123 cm³/mol. The van der Waals surface area contributed by atoms with Crippen LogP contribution in [0.2, 0.25) is 5.02 Å². The number of carboxylic acids is 1. The van der Waals surface area contributed by atoms with Gasteiger partial charge in [0.15, 0.2) is 0 Å². The van der Waals surface area contributed by atoms with E-state index in [1.807, 2.05) is 51.1 Å². The van der Waals surface area contributed by atoms with Gasteiger partial charge in [-0.3, -0.25) is 4.79 Å². The van der Waals surface area contributed by atoms with Crippen molar-refractivity contribution in [2.24, 2.45) is 5.41 Å². The molecule has 0 saturated heterocycles. The van der Waals surface area contributed by atoms with Crippen LogP contribution in [-0.4, -0.2) is 33.4 Å². The second-order valence-electron chi connectivity index (χ2n) is 8.76. The Balaban J connectivity index is 1.44. The van der Waals surface area contributed by atoms with Crippen LogP contribution < -0.4 is 10.1 Å². The molecule has 0 aliphatic heterocycles. The number of nitrogens with zero attached hydrogens (tertiary/aromatic N) is 2. The number of nitrogens with one attached hydrogen (secondary N) is 1. The van der Waals surface area contributed by atoms with Crippen LogP contribution in [-0.2, 0) is 4.79 Å². The normalized spacial score (nSPS) is 20.5.